The van der Waals surface area contributed by atoms with E-state index >= 15 is 0 Å². The molecule has 1 aliphatic heterocycles. The summed E-state index contributed by atoms with van der Waals surface area (Å²) in [6.45, 7) is 2.60. The molecular weight excluding hydrogens is 172 g/mol. The Hall–Kier alpha value is -1.39. The molecule has 1 heterocycles. The molecule has 0 saturated heterocycles. The van der Waals surface area contributed by atoms with Crippen LogP contribution in [0.25, 0.3) is 0 Å². The predicted molar refractivity (Wildman–Crippen MR) is 46.6 cm³/mol. The van der Waals surface area contributed by atoms with Gasteiger partial charge in [0, 0.05) is 5.71 Å². The van der Waals surface area contributed by atoms with E-state index < -0.39 is 0 Å². The van der Waals surface area contributed by atoms with Gasteiger partial charge in [0.25, 0.3) is 0 Å². The van der Waals surface area contributed by atoms with Crippen molar-refractivity contribution in [3.8, 4) is 0 Å². The maximum absolute atomic E-state index is 11.0. The lowest BCUT2D eigenvalue weighted by Gasteiger charge is -2.12. The van der Waals surface area contributed by atoms with Gasteiger partial charge in [0.05, 0.1) is 19.6 Å². The molecule has 0 aromatic rings. The average molecular weight is 184 g/mol. The summed E-state index contributed by atoms with van der Waals surface area (Å²) in [5.41, 5.74) is 0.679. The topological polar surface area (TPSA) is 67.8 Å². The van der Waals surface area contributed by atoms with Crippen LogP contribution in [0.5, 0.6) is 0 Å². The van der Waals surface area contributed by atoms with E-state index in [4.69, 9.17) is 4.74 Å². The lowest BCUT2D eigenvalue weighted by atomic mass is 10.2. The van der Waals surface area contributed by atoms with Gasteiger partial charge >= 0.3 is 5.97 Å². The summed E-state index contributed by atoms with van der Waals surface area (Å²) in [6.07, 6.45) is 0.175. The van der Waals surface area contributed by atoms with Crippen molar-refractivity contribution in [1.29, 1.82) is 0 Å². The maximum Gasteiger partial charge on any atom is 0.311 e. The quantitative estimate of drug-likeness (QED) is 0.602. The standard InChI is InChI=1S/C8H12N2O3/c1-2-13-8(12)3-6-4-10-7(11)5-9-6/h2-5H2,1H3,(H,10,11). The minimum atomic E-state index is -0.294. The number of rotatable bonds is 3. The smallest absolute Gasteiger partial charge is 0.311 e. The minimum absolute atomic E-state index is 0.104. The maximum atomic E-state index is 11.0. The average Bonchev–Trinajstić information content (AvgIpc) is 2.09. The van der Waals surface area contributed by atoms with E-state index in [-0.39, 0.29) is 24.8 Å². The number of carbonyl (C=O) groups excluding carboxylic acids is 2. The highest BCUT2D eigenvalue weighted by Crippen LogP contribution is 1.94. The number of nitrogens with one attached hydrogen (secondary N) is 1. The second-order valence-corrected chi connectivity index (χ2v) is 2.64. The zero-order valence-electron chi connectivity index (χ0n) is 7.50. The Kier molecular flexibility index (Phi) is 3.42. The number of hydrogen-bond acceptors (Lipinski definition) is 4. The van der Waals surface area contributed by atoms with Gasteiger partial charge in [-0.25, -0.2) is 0 Å². The van der Waals surface area contributed by atoms with Crippen molar-refractivity contribution in [3.05, 3.63) is 0 Å². The van der Waals surface area contributed by atoms with E-state index in [1.165, 1.54) is 0 Å². The SMILES string of the molecule is CCOC(=O)CC1=NCC(=O)NC1. The molecule has 72 valence electrons. The highest BCUT2D eigenvalue weighted by Gasteiger charge is 2.13. The number of aliphatic imine (C=N–C) groups is 1. The van der Waals surface area contributed by atoms with E-state index in [2.05, 4.69) is 10.3 Å². The summed E-state index contributed by atoms with van der Waals surface area (Å²) in [5.74, 6) is -0.398. The van der Waals surface area contributed by atoms with Crippen molar-refractivity contribution >= 4 is 17.6 Å². The Bertz CT molecular complexity index is 248. The number of ether oxygens (including phenoxy) is 1. The van der Waals surface area contributed by atoms with Gasteiger partial charge in [-0.15, -0.1) is 0 Å². The van der Waals surface area contributed by atoms with E-state index in [1.807, 2.05) is 0 Å². The Morgan fingerprint density at radius 2 is 2.46 bits per heavy atom. The molecule has 0 bridgehead atoms. The van der Waals surface area contributed by atoms with Crippen LogP contribution in [0.4, 0.5) is 0 Å². The Labute approximate surface area is 76.2 Å². The summed E-state index contributed by atoms with van der Waals surface area (Å²) in [5, 5.41) is 2.60. The van der Waals surface area contributed by atoms with Gasteiger partial charge < -0.3 is 10.1 Å². The first kappa shape index (κ1) is 9.70. The molecular formula is C8H12N2O3. The van der Waals surface area contributed by atoms with Gasteiger partial charge in [-0.1, -0.05) is 0 Å². The first-order valence-electron chi connectivity index (χ1n) is 4.17. The van der Waals surface area contributed by atoms with E-state index in [9.17, 15) is 9.59 Å². The third kappa shape index (κ3) is 3.23. The Morgan fingerprint density at radius 3 is 3.00 bits per heavy atom. The molecule has 5 heteroatoms. The summed E-state index contributed by atoms with van der Waals surface area (Å²) in [7, 11) is 0. The van der Waals surface area contributed by atoms with Crippen LogP contribution in [-0.2, 0) is 14.3 Å². The fourth-order valence-corrected chi connectivity index (χ4v) is 0.993. The highest BCUT2D eigenvalue weighted by molar-refractivity contribution is 6.03. The third-order valence-corrected chi connectivity index (χ3v) is 1.59. The molecule has 13 heavy (non-hydrogen) atoms. The molecule has 1 rings (SSSR count). The Morgan fingerprint density at radius 1 is 1.69 bits per heavy atom. The van der Waals surface area contributed by atoms with Crippen LogP contribution in [0.3, 0.4) is 0 Å². The molecule has 5 nitrogen and oxygen atoms in total. The number of amides is 1. The molecule has 1 N–H and O–H groups in total. The number of esters is 1. The van der Waals surface area contributed by atoms with Crippen molar-refractivity contribution in [3.63, 3.8) is 0 Å². The lowest BCUT2D eigenvalue weighted by molar-refractivity contribution is -0.141. The van der Waals surface area contributed by atoms with Gasteiger partial charge in [0.2, 0.25) is 5.91 Å². The molecule has 0 aromatic carbocycles. The molecule has 0 atom stereocenters. The summed E-state index contributed by atoms with van der Waals surface area (Å²) in [4.78, 5) is 25.6. The van der Waals surface area contributed by atoms with Crippen LogP contribution in [0.2, 0.25) is 0 Å². The summed E-state index contributed by atoms with van der Waals surface area (Å²) in [6, 6.07) is 0. The van der Waals surface area contributed by atoms with Crippen molar-refractivity contribution in [2.45, 2.75) is 13.3 Å². The first-order valence-corrected chi connectivity index (χ1v) is 4.17. The predicted octanol–water partition coefficient (Wildman–Crippen LogP) is -0.490. The first-order chi connectivity index (χ1) is 6.22. The molecule has 0 spiro atoms. The van der Waals surface area contributed by atoms with Crippen LogP contribution < -0.4 is 5.32 Å². The van der Waals surface area contributed by atoms with E-state index in [1.54, 1.807) is 6.92 Å². The zero-order valence-corrected chi connectivity index (χ0v) is 7.50. The number of carbonyl (C=O) groups is 2. The third-order valence-electron chi connectivity index (χ3n) is 1.59. The second-order valence-electron chi connectivity index (χ2n) is 2.64. The van der Waals surface area contributed by atoms with Crippen LogP contribution in [-0.4, -0.2) is 37.3 Å². The summed E-state index contributed by atoms with van der Waals surface area (Å²) < 4.78 is 4.74. The fourth-order valence-electron chi connectivity index (χ4n) is 0.993. The van der Waals surface area contributed by atoms with Crippen molar-refractivity contribution in [1.82, 2.24) is 5.32 Å². The largest absolute Gasteiger partial charge is 0.466 e. The molecule has 0 saturated carbocycles. The van der Waals surface area contributed by atoms with Gasteiger partial charge in [0.1, 0.15) is 6.54 Å². The molecule has 0 radical (unpaired) electrons. The molecule has 0 unspecified atom stereocenters. The van der Waals surface area contributed by atoms with Gasteiger partial charge in [-0.2, -0.15) is 0 Å². The van der Waals surface area contributed by atoms with Crippen molar-refractivity contribution < 1.29 is 14.3 Å². The lowest BCUT2D eigenvalue weighted by Crippen LogP contribution is -2.37. The van der Waals surface area contributed by atoms with Crippen LogP contribution >= 0.6 is 0 Å². The zero-order chi connectivity index (χ0) is 9.68. The summed E-state index contributed by atoms with van der Waals surface area (Å²) >= 11 is 0. The van der Waals surface area contributed by atoms with Gasteiger partial charge in [-0.05, 0) is 6.92 Å². The normalized spacial score (nSPS) is 16.1. The van der Waals surface area contributed by atoms with Crippen LogP contribution in [0.1, 0.15) is 13.3 Å². The monoisotopic (exact) mass is 184 g/mol. The van der Waals surface area contributed by atoms with E-state index in [0.717, 1.165) is 0 Å². The minimum Gasteiger partial charge on any atom is -0.466 e. The number of nitrogens with zero attached hydrogens (tertiary/aromatic N) is 1. The molecule has 0 aliphatic carbocycles. The van der Waals surface area contributed by atoms with Crippen molar-refractivity contribution in [2.75, 3.05) is 19.7 Å². The van der Waals surface area contributed by atoms with Crippen LogP contribution in [0.15, 0.2) is 4.99 Å². The molecule has 0 fully saturated rings. The Balaban J connectivity index is 2.37. The second kappa shape index (κ2) is 4.59. The van der Waals surface area contributed by atoms with Crippen molar-refractivity contribution in [2.24, 2.45) is 4.99 Å². The fraction of sp³-hybridized carbons (Fsp3) is 0.625. The van der Waals surface area contributed by atoms with Gasteiger partial charge in [0.15, 0.2) is 0 Å². The molecule has 0 aromatic heterocycles. The highest BCUT2D eigenvalue weighted by atomic mass is 16.5. The number of hydrogen-bond donors (Lipinski definition) is 1. The molecule has 1 amide bonds. The van der Waals surface area contributed by atoms with Gasteiger partial charge in [-0.3, -0.25) is 14.6 Å². The molecule has 1 aliphatic rings. The van der Waals surface area contributed by atoms with E-state index in [0.29, 0.717) is 18.9 Å². The van der Waals surface area contributed by atoms with Crippen LogP contribution in [0, 0.1) is 0 Å².